The maximum Gasteiger partial charge on any atom is 0.119 e. The highest BCUT2D eigenvalue weighted by Crippen LogP contribution is 2.67. The van der Waals surface area contributed by atoms with Crippen LogP contribution in [0.2, 0.25) is 0 Å². The van der Waals surface area contributed by atoms with Gasteiger partial charge in [-0.2, -0.15) is 0 Å². The molecule has 4 aliphatic carbocycles. The van der Waals surface area contributed by atoms with Gasteiger partial charge in [0.25, 0.3) is 0 Å². The summed E-state index contributed by atoms with van der Waals surface area (Å²) in [4.78, 5) is 0. The fourth-order valence-corrected chi connectivity index (χ4v) is 9.56. The number of rotatable bonds is 7. The SMILES string of the molecule is Cc1ccc(O[C@@H]2CC[C@]3(C)C(=CC[C@@H]4[C@H]3CC[C@@]3(C)[C@@H]([C@H](C)CCCC(C)C)CC[C@@H]43)C2)cc1. The predicted molar refractivity (Wildman–Crippen MR) is 149 cm³/mol. The Kier molecular flexibility index (Phi) is 7.19. The lowest BCUT2D eigenvalue weighted by Gasteiger charge is -2.58. The number of benzene rings is 1. The Morgan fingerprint density at radius 2 is 1.69 bits per heavy atom. The fraction of sp³-hybridized carbons (Fsp3) is 0.765. The van der Waals surface area contributed by atoms with E-state index in [1.165, 1.54) is 69.8 Å². The van der Waals surface area contributed by atoms with Gasteiger partial charge in [0.1, 0.15) is 11.9 Å². The average Bonchev–Trinajstić information content (AvgIpc) is 3.18. The van der Waals surface area contributed by atoms with E-state index in [0.29, 0.717) is 16.9 Å². The molecule has 3 saturated carbocycles. The Balaban J connectivity index is 1.26. The first-order valence-corrected chi connectivity index (χ1v) is 15.1. The summed E-state index contributed by atoms with van der Waals surface area (Å²) in [5.41, 5.74) is 4.05. The minimum Gasteiger partial charge on any atom is -0.490 e. The predicted octanol–water partition coefficient (Wildman–Crippen LogP) is 9.78. The van der Waals surface area contributed by atoms with Crippen molar-refractivity contribution in [2.24, 2.45) is 46.3 Å². The monoisotopic (exact) mass is 476 g/mol. The van der Waals surface area contributed by atoms with E-state index < -0.39 is 0 Å². The van der Waals surface area contributed by atoms with E-state index in [4.69, 9.17) is 4.74 Å². The average molecular weight is 477 g/mol. The number of aryl methyl sites for hydroxylation is 1. The third-order valence-corrected chi connectivity index (χ3v) is 11.6. The van der Waals surface area contributed by atoms with Crippen molar-refractivity contribution >= 4 is 0 Å². The third-order valence-electron chi connectivity index (χ3n) is 11.6. The van der Waals surface area contributed by atoms with Gasteiger partial charge in [0, 0.05) is 6.42 Å². The van der Waals surface area contributed by atoms with Crippen molar-refractivity contribution in [3.63, 3.8) is 0 Å². The Bertz CT molecular complexity index is 896. The van der Waals surface area contributed by atoms with Crippen LogP contribution in [0.3, 0.4) is 0 Å². The lowest BCUT2D eigenvalue weighted by Crippen LogP contribution is -2.51. The van der Waals surface area contributed by atoms with E-state index in [9.17, 15) is 0 Å². The topological polar surface area (TPSA) is 9.23 Å². The highest BCUT2D eigenvalue weighted by Gasteiger charge is 2.59. The molecule has 8 atom stereocenters. The molecule has 0 radical (unpaired) electrons. The Morgan fingerprint density at radius 3 is 2.43 bits per heavy atom. The number of allylic oxidation sites excluding steroid dienone is 1. The summed E-state index contributed by atoms with van der Waals surface area (Å²) in [7, 11) is 0. The highest BCUT2D eigenvalue weighted by atomic mass is 16.5. The number of fused-ring (bicyclic) bond motifs is 5. The van der Waals surface area contributed by atoms with Gasteiger partial charge in [0.05, 0.1) is 0 Å². The molecule has 0 unspecified atom stereocenters. The van der Waals surface area contributed by atoms with Crippen molar-refractivity contribution in [3.8, 4) is 5.75 Å². The van der Waals surface area contributed by atoms with Crippen molar-refractivity contribution in [1.29, 1.82) is 0 Å². The van der Waals surface area contributed by atoms with Gasteiger partial charge in [-0.05, 0) is 110 Å². The van der Waals surface area contributed by atoms with Crippen molar-refractivity contribution in [1.82, 2.24) is 0 Å². The van der Waals surface area contributed by atoms with Crippen LogP contribution in [0.5, 0.6) is 5.75 Å². The van der Waals surface area contributed by atoms with Crippen molar-refractivity contribution < 1.29 is 4.74 Å². The molecule has 1 heteroatoms. The minimum absolute atomic E-state index is 0.352. The summed E-state index contributed by atoms with van der Waals surface area (Å²) in [5, 5.41) is 0. The van der Waals surface area contributed by atoms with Gasteiger partial charge in [0.15, 0.2) is 0 Å². The molecule has 1 nitrogen and oxygen atoms in total. The van der Waals surface area contributed by atoms with Gasteiger partial charge in [0.2, 0.25) is 0 Å². The van der Waals surface area contributed by atoms with Crippen LogP contribution < -0.4 is 4.74 Å². The molecule has 4 aliphatic rings. The quantitative estimate of drug-likeness (QED) is 0.356. The highest BCUT2D eigenvalue weighted by molar-refractivity contribution is 5.29. The van der Waals surface area contributed by atoms with Gasteiger partial charge < -0.3 is 4.74 Å². The van der Waals surface area contributed by atoms with Gasteiger partial charge in [-0.15, -0.1) is 0 Å². The van der Waals surface area contributed by atoms with Crippen molar-refractivity contribution in [3.05, 3.63) is 41.5 Å². The molecule has 0 aliphatic heterocycles. The molecule has 0 spiro atoms. The van der Waals surface area contributed by atoms with Crippen LogP contribution in [0.4, 0.5) is 0 Å². The van der Waals surface area contributed by atoms with E-state index >= 15 is 0 Å². The summed E-state index contributed by atoms with van der Waals surface area (Å²) in [6, 6.07) is 8.64. The summed E-state index contributed by atoms with van der Waals surface area (Å²) >= 11 is 0. The number of hydrogen-bond donors (Lipinski definition) is 0. The minimum atomic E-state index is 0.352. The molecular weight excluding hydrogens is 424 g/mol. The lowest BCUT2D eigenvalue weighted by atomic mass is 9.47. The second-order valence-corrected chi connectivity index (χ2v) is 14.1. The number of hydrogen-bond acceptors (Lipinski definition) is 1. The molecule has 35 heavy (non-hydrogen) atoms. The van der Waals surface area contributed by atoms with Gasteiger partial charge in [-0.3, -0.25) is 0 Å². The Hall–Kier alpha value is -1.24. The third kappa shape index (κ3) is 4.75. The molecule has 194 valence electrons. The van der Waals surface area contributed by atoms with Gasteiger partial charge >= 0.3 is 0 Å². The molecular formula is C34H52O. The van der Waals surface area contributed by atoms with Crippen LogP contribution in [0.15, 0.2) is 35.9 Å². The first kappa shape index (κ1) is 25.4. The maximum absolute atomic E-state index is 6.47. The zero-order chi connectivity index (χ0) is 24.8. The molecule has 0 N–H and O–H groups in total. The molecule has 0 heterocycles. The van der Waals surface area contributed by atoms with Crippen LogP contribution >= 0.6 is 0 Å². The van der Waals surface area contributed by atoms with Crippen LogP contribution in [-0.2, 0) is 0 Å². The largest absolute Gasteiger partial charge is 0.490 e. The van der Waals surface area contributed by atoms with Crippen LogP contribution in [0.25, 0.3) is 0 Å². The zero-order valence-electron chi connectivity index (χ0n) is 23.6. The maximum atomic E-state index is 6.47. The van der Waals surface area contributed by atoms with Crippen LogP contribution in [0, 0.1) is 53.3 Å². The van der Waals surface area contributed by atoms with E-state index in [-0.39, 0.29) is 0 Å². The molecule has 0 bridgehead atoms. The Morgan fingerprint density at radius 1 is 0.914 bits per heavy atom. The van der Waals surface area contributed by atoms with E-state index in [1.807, 2.05) is 0 Å². The summed E-state index contributed by atoms with van der Waals surface area (Å²) in [5.74, 6) is 6.53. The molecule has 3 fully saturated rings. The lowest BCUT2D eigenvalue weighted by molar-refractivity contribution is -0.0559. The summed E-state index contributed by atoms with van der Waals surface area (Å²) < 4.78 is 6.47. The van der Waals surface area contributed by atoms with E-state index in [2.05, 4.69) is 71.9 Å². The van der Waals surface area contributed by atoms with Crippen molar-refractivity contribution in [2.75, 3.05) is 0 Å². The smallest absolute Gasteiger partial charge is 0.119 e. The summed E-state index contributed by atoms with van der Waals surface area (Å²) in [6.07, 6.45) is 18.3. The molecule has 0 amide bonds. The fourth-order valence-electron chi connectivity index (χ4n) is 9.56. The van der Waals surface area contributed by atoms with E-state index in [0.717, 1.165) is 47.7 Å². The normalized spacial score (nSPS) is 39.4. The molecule has 1 aromatic carbocycles. The second-order valence-electron chi connectivity index (χ2n) is 14.1. The molecule has 0 aromatic heterocycles. The van der Waals surface area contributed by atoms with Gasteiger partial charge in [-0.1, -0.05) is 83.2 Å². The Labute approximate surface area is 216 Å². The number of ether oxygens (including phenoxy) is 1. The standard InChI is InChI=1S/C34H52O/c1-23(2)8-7-9-25(4)30-16-17-31-29-15-12-26-22-28(35-27-13-10-24(3)11-14-27)18-20-33(26,5)32(29)19-21-34(30,31)6/h10-14,23,25,28-32H,7-9,15-22H2,1-6H3/t25-,28-,29+,30-,31+,32-,33-,34+/m1/s1. The summed E-state index contributed by atoms with van der Waals surface area (Å²) in [6.45, 7) is 14.9. The van der Waals surface area contributed by atoms with Crippen LogP contribution in [0.1, 0.15) is 111 Å². The first-order valence-electron chi connectivity index (χ1n) is 15.1. The van der Waals surface area contributed by atoms with E-state index in [1.54, 1.807) is 5.57 Å². The second kappa shape index (κ2) is 9.90. The van der Waals surface area contributed by atoms with Crippen molar-refractivity contribution in [2.45, 2.75) is 118 Å². The first-order chi connectivity index (χ1) is 16.7. The molecule has 0 saturated heterocycles. The molecule has 5 rings (SSSR count). The zero-order valence-corrected chi connectivity index (χ0v) is 23.6. The van der Waals surface area contributed by atoms with Gasteiger partial charge in [-0.25, -0.2) is 0 Å². The van der Waals surface area contributed by atoms with Crippen LogP contribution in [-0.4, -0.2) is 6.10 Å². The molecule has 1 aromatic rings.